The molecule has 0 saturated carbocycles. The van der Waals surface area contributed by atoms with Crippen molar-refractivity contribution in [2.75, 3.05) is 0 Å². The first-order chi connectivity index (χ1) is 6.58. The highest BCUT2D eigenvalue weighted by molar-refractivity contribution is 9.10. The minimum atomic E-state index is -0.0472. The zero-order chi connectivity index (χ0) is 10.3. The van der Waals surface area contributed by atoms with E-state index in [1.165, 1.54) is 6.92 Å². The first kappa shape index (κ1) is 9.61. The molecule has 0 spiro atoms. The predicted octanol–water partition coefficient (Wildman–Crippen LogP) is 3.46. The predicted molar refractivity (Wildman–Crippen MR) is 59.1 cm³/mol. The molecule has 3 nitrogen and oxygen atoms in total. The first-order valence-corrected chi connectivity index (χ1v) is 5.11. The second kappa shape index (κ2) is 3.33. The molecule has 1 N–H and O–H groups in total. The standard InChI is InChI=1S/C9H6BrNO2S/c1-4(12)6-2-5(10)3-7-8(6)13-9(14)11-7/h2-3H,1H3,(H,11,14). The summed E-state index contributed by atoms with van der Waals surface area (Å²) < 4.78 is 6.05. The van der Waals surface area contributed by atoms with Gasteiger partial charge < -0.3 is 9.40 Å². The molecule has 0 atom stereocenters. The van der Waals surface area contributed by atoms with E-state index in [-0.39, 0.29) is 10.6 Å². The van der Waals surface area contributed by atoms with Gasteiger partial charge in [0, 0.05) is 4.47 Å². The monoisotopic (exact) mass is 271 g/mol. The van der Waals surface area contributed by atoms with Crippen LogP contribution < -0.4 is 0 Å². The molecule has 2 aromatic rings. The summed E-state index contributed by atoms with van der Waals surface area (Å²) in [7, 11) is 0. The number of H-pyrrole nitrogens is 1. The summed E-state index contributed by atoms with van der Waals surface area (Å²) in [6, 6.07) is 3.54. The third-order valence-corrected chi connectivity index (χ3v) is 2.51. The molecule has 0 radical (unpaired) electrons. The Morgan fingerprint density at radius 2 is 2.29 bits per heavy atom. The number of benzene rings is 1. The van der Waals surface area contributed by atoms with Crippen molar-refractivity contribution in [3.63, 3.8) is 0 Å². The van der Waals surface area contributed by atoms with Crippen LogP contribution in [0.15, 0.2) is 21.0 Å². The average Bonchev–Trinajstić information content (AvgIpc) is 2.42. The molecule has 0 aliphatic carbocycles. The third kappa shape index (κ3) is 1.53. The molecular formula is C9H6BrNO2S. The summed E-state index contributed by atoms with van der Waals surface area (Å²) >= 11 is 8.17. The number of aromatic amines is 1. The van der Waals surface area contributed by atoms with Gasteiger partial charge in [-0.25, -0.2) is 0 Å². The zero-order valence-corrected chi connectivity index (χ0v) is 9.66. The van der Waals surface area contributed by atoms with Gasteiger partial charge in [-0.1, -0.05) is 15.9 Å². The fourth-order valence-corrected chi connectivity index (χ4v) is 1.94. The number of hydrogen-bond acceptors (Lipinski definition) is 3. The Bertz CT molecular complexity index is 570. The Morgan fingerprint density at radius 1 is 1.57 bits per heavy atom. The number of Topliss-reactive ketones (excluding diaryl/α,β-unsaturated/α-hetero) is 1. The van der Waals surface area contributed by atoms with Crippen molar-refractivity contribution in [3.05, 3.63) is 27.0 Å². The van der Waals surface area contributed by atoms with Crippen LogP contribution in [0.3, 0.4) is 0 Å². The molecule has 0 amide bonds. The molecular weight excluding hydrogens is 266 g/mol. The van der Waals surface area contributed by atoms with Crippen molar-refractivity contribution in [1.82, 2.24) is 4.98 Å². The lowest BCUT2D eigenvalue weighted by molar-refractivity contribution is 0.101. The maximum Gasteiger partial charge on any atom is 0.266 e. The average molecular weight is 272 g/mol. The Labute approximate surface area is 93.2 Å². The van der Waals surface area contributed by atoms with Crippen LogP contribution in [0.4, 0.5) is 0 Å². The van der Waals surface area contributed by atoms with Crippen molar-refractivity contribution >= 4 is 45.0 Å². The number of nitrogens with one attached hydrogen (secondary N) is 1. The second-order valence-corrected chi connectivity index (χ2v) is 4.19. The number of carbonyl (C=O) groups is 1. The van der Waals surface area contributed by atoms with E-state index < -0.39 is 0 Å². The molecule has 2 rings (SSSR count). The molecule has 14 heavy (non-hydrogen) atoms. The summed E-state index contributed by atoms with van der Waals surface area (Å²) in [5, 5.41) is 0. The van der Waals surface area contributed by atoms with Gasteiger partial charge in [0.05, 0.1) is 11.1 Å². The Kier molecular flexibility index (Phi) is 2.28. The number of oxazole rings is 1. The van der Waals surface area contributed by atoms with Gasteiger partial charge in [-0.05, 0) is 31.3 Å². The minimum Gasteiger partial charge on any atom is -0.429 e. The van der Waals surface area contributed by atoms with Crippen LogP contribution in [-0.2, 0) is 0 Å². The molecule has 0 bridgehead atoms. The van der Waals surface area contributed by atoms with E-state index in [2.05, 4.69) is 20.9 Å². The minimum absolute atomic E-state index is 0.0472. The van der Waals surface area contributed by atoms with Crippen molar-refractivity contribution < 1.29 is 9.21 Å². The maximum atomic E-state index is 11.3. The number of fused-ring (bicyclic) bond motifs is 1. The largest absolute Gasteiger partial charge is 0.429 e. The number of halogens is 1. The van der Waals surface area contributed by atoms with Crippen molar-refractivity contribution in [2.24, 2.45) is 0 Å². The Hall–Kier alpha value is -0.940. The normalized spacial score (nSPS) is 10.7. The summed E-state index contributed by atoms with van der Waals surface area (Å²) in [5.41, 5.74) is 1.78. The fourth-order valence-electron chi connectivity index (χ4n) is 1.29. The second-order valence-electron chi connectivity index (χ2n) is 2.90. The summed E-state index contributed by atoms with van der Waals surface area (Å²) in [5.74, 6) is -0.0472. The van der Waals surface area contributed by atoms with Crippen LogP contribution in [0.25, 0.3) is 11.1 Å². The number of hydrogen-bond donors (Lipinski definition) is 1. The molecule has 0 aliphatic heterocycles. The molecule has 1 heterocycles. The quantitative estimate of drug-likeness (QED) is 0.638. The number of carbonyl (C=O) groups excluding carboxylic acids is 1. The number of aromatic nitrogens is 1. The summed E-state index contributed by atoms with van der Waals surface area (Å²) in [6.45, 7) is 1.49. The van der Waals surface area contributed by atoms with Crippen LogP contribution >= 0.6 is 28.1 Å². The van der Waals surface area contributed by atoms with Crippen LogP contribution in [0.5, 0.6) is 0 Å². The van der Waals surface area contributed by atoms with E-state index in [1.807, 2.05) is 6.07 Å². The molecule has 0 fully saturated rings. The lowest BCUT2D eigenvalue weighted by Gasteiger charge is -1.97. The fraction of sp³-hybridized carbons (Fsp3) is 0.111. The van der Waals surface area contributed by atoms with Gasteiger partial charge in [0.15, 0.2) is 11.4 Å². The lowest BCUT2D eigenvalue weighted by atomic mass is 10.1. The Morgan fingerprint density at radius 3 is 2.93 bits per heavy atom. The number of rotatable bonds is 1. The van der Waals surface area contributed by atoms with E-state index in [1.54, 1.807) is 6.07 Å². The maximum absolute atomic E-state index is 11.3. The smallest absolute Gasteiger partial charge is 0.266 e. The van der Waals surface area contributed by atoms with Crippen LogP contribution in [-0.4, -0.2) is 10.8 Å². The molecule has 5 heteroatoms. The summed E-state index contributed by atoms with van der Waals surface area (Å²) in [4.78, 5) is 14.4. The number of ketones is 1. The third-order valence-electron chi connectivity index (χ3n) is 1.86. The van der Waals surface area contributed by atoms with E-state index in [0.29, 0.717) is 11.1 Å². The van der Waals surface area contributed by atoms with Gasteiger partial charge in [-0.2, -0.15) is 0 Å². The molecule has 0 unspecified atom stereocenters. The molecule has 1 aromatic heterocycles. The highest BCUT2D eigenvalue weighted by Crippen LogP contribution is 2.24. The van der Waals surface area contributed by atoms with Crippen LogP contribution in [0, 0.1) is 4.84 Å². The zero-order valence-electron chi connectivity index (χ0n) is 7.26. The topological polar surface area (TPSA) is 46.0 Å². The van der Waals surface area contributed by atoms with E-state index in [0.717, 1.165) is 9.99 Å². The van der Waals surface area contributed by atoms with Crippen molar-refractivity contribution in [3.8, 4) is 0 Å². The van der Waals surface area contributed by atoms with Crippen LogP contribution in [0.2, 0.25) is 0 Å². The molecule has 0 aliphatic rings. The first-order valence-electron chi connectivity index (χ1n) is 3.91. The van der Waals surface area contributed by atoms with Gasteiger partial charge in [0.1, 0.15) is 0 Å². The summed E-state index contributed by atoms with van der Waals surface area (Å²) in [6.07, 6.45) is 0. The van der Waals surface area contributed by atoms with Crippen molar-refractivity contribution in [2.45, 2.75) is 6.92 Å². The van der Waals surface area contributed by atoms with Gasteiger partial charge in [-0.3, -0.25) is 4.79 Å². The Balaban J connectivity index is 2.92. The van der Waals surface area contributed by atoms with Crippen molar-refractivity contribution in [1.29, 1.82) is 0 Å². The van der Waals surface area contributed by atoms with Gasteiger partial charge >= 0.3 is 0 Å². The van der Waals surface area contributed by atoms with Gasteiger partial charge in [0.25, 0.3) is 4.84 Å². The van der Waals surface area contributed by atoms with E-state index >= 15 is 0 Å². The van der Waals surface area contributed by atoms with Gasteiger partial charge in [-0.15, -0.1) is 0 Å². The molecule has 0 saturated heterocycles. The molecule has 72 valence electrons. The lowest BCUT2D eigenvalue weighted by Crippen LogP contribution is -1.92. The van der Waals surface area contributed by atoms with Gasteiger partial charge in [0.2, 0.25) is 0 Å². The highest BCUT2D eigenvalue weighted by Gasteiger charge is 2.10. The van der Waals surface area contributed by atoms with E-state index in [4.69, 9.17) is 16.6 Å². The molecule has 1 aromatic carbocycles. The highest BCUT2D eigenvalue weighted by atomic mass is 79.9. The van der Waals surface area contributed by atoms with E-state index in [9.17, 15) is 4.79 Å². The SMILES string of the molecule is CC(=O)c1cc(Br)cc2[nH]c(=S)oc12. The van der Waals surface area contributed by atoms with Crippen LogP contribution in [0.1, 0.15) is 17.3 Å².